The minimum atomic E-state index is -0.472. The highest BCUT2D eigenvalue weighted by atomic mass is 16.5. The molecule has 1 N–H and O–H groups in total. The Morgan fingerprint density at radius 3 is 2.58 bits per heavy atom. The molecule has 1 rings (SSSR count). The van der Waals surface area contributed by atoms with E-state index in [0.29, 0.717) is 11.7 Å². The summed E-state index contributed by atoms with van der Waals surface area (Å²) in [5.74, 6) is 1.03. The summed E-state index contributed by atoms with van der Waals surface area (Å²) in [6, 6.07) is 0. The van der Waals surface area contributed by atoms with Gasteiger partial charge in [0.15, 0.2) is 5.82 Å². The molecule has 1 aromatic heterocycles. The smallest absolute Gasteiger partial charge is 0.296 e. The molecule has 0 spiro atoms. The minimum Gasteiger partial charge on any atom is -0.296 e. The van der Waals surface area contributed by atoms with E-state index in [9.17, 15) is 4.79 Å². The summed E-state index contributed by atoms with van der Waals surface area (Å²) in [6.07, 6.45) is 1.00. The van der Waals surface area contributed by atoms with Crippen molar-refractivity contribution in [3.8, 4) is 0 Å². The van der Waals surface area contributed by atoms with Crippen LogP contribution in [0.15, 0.2) is 9.32 Å². The van der Waals surface area contributed by atoms with Gasteiger partial charge in [-0.15, -0.1) is 0 Å². The molecule has 4 heteroatoms. The zero-order chi connectivity index (χ0) is 9.14. The number of hydrogen-bond donors (Lipinski definition) is 1. The molecule has 1 unspecified atom stereocenters. The van der Waals surface area contributed by atoms with E-state index in [4.69, 9.17) is 0 Å². The number of aromatic nitrogens is 2. The maximum absolute atomic E-state index is 10.6. The van der Waals surface area contributed by atoms with Gasteiger partial charge in [-0.1, -0.05) is 25.9 Å². The number of nitrogens with zero attached hydrogens (tertiary/aromatic N) is 1. The number of nitrogens with one attached hydrogen (secondary N) is 1. The molecule has 12 heavy (non-hydrogen) atoms. The quantitative estimate of drug-likeness (QED) is 0.748. The van der Waals surface area contributed by atoms with Gasteiger partial charge >= 0.3 is 5.76 Å². The maximum Gasteiger partial charge on any atom is 0.438 e. The molecule has 0 saturated carbocycles. The second-order valence-corrected chi connectivity index (χ2v) is 3.51. The highest BCUT2D eigenvalue weighted by molar-refractivity contribution is 4.89. The van der Waals surface area contributed by atoms with Gasteiger partial charge in [0.05, 0.1) is 0 Å². The van der Waals surface area contributed by atoms with Crippen LogP contribution in [0.1, 0.15) is 38.9 Å². The topological polar surface area (TPSA) is 58.9 Å². The van der Waals surface area contributed by atoms with Crippen molar-refractivity contribution >= 4 is 0 Å². The molecular formula is C8H14N2O2. The average Bonchev–Trinajstić information content (AvgIpc) is 2.34. The van der Waals surface area contributed by atoms with Crippen LogP contribution in [0.25, 0.3) is 0 Å². The van der Waals surface area contributed by atoms with E-state index in [1.165, 1.54) is 0 Å². The van der Waals surface area contributed by atoms with E-state index in [1.54, 1.807) is 0 Å². The molecule has 0 amide bonds. The van der Waals surface area contributed by atoms with Crippen LogP contribution >= 0.6 is 0 Å². The third-order valence-electron chi connectivity index (χ3n) is 1.75. The van der Waals surface area contributed by atoms with E-state index >= 15 is 0 Å². The lowest BCUT2D eigenvalue weighted by atomic mass is 9.99. The fourth-order valence-electron chi connectivity index (χ4n) is 1.27. The SMILES string of the molecule is CC(C)CC(C)c1noc(=O)[nH]1. The van der Waals surface area contributed by atoms with Crippen molar-refractivity contribution in [2.45, 2.75) is 33.1 Å². The summed E-state index contributed by atoms with van der Waals surface area (Å²) >= 11 is 0. The van der Waals surface area contributed by atoms with Crippen LogP contribution in [0.5, 0.6) is 0 Å². The third-order valence-corrected chi connectivity index (χ3v) is 1.75. The van der Waals surface area contributed by atoms with Crippen molar-refractivity contribution in [1.82, 2.24) is 10.1 Å². The van der Waals surface area contributed by atoms with Crippen molar-refractivity contribution in [2.24, 2.45) is 5.92 Å². The lowest BCUT2D eigenvalue weighted by molar-refractivity contribution is 0.374. The van der Waals surface area contributed by atoms with Crippen LogP contribution in [0, 0.1) is 5.92 Å². The molecule has 0 aromatic carbocycles. The summed E-state index contributed by atoms with van der Waals surface area (Å²) in [5.41, 5.74) is 0. The first-order valence-electron chi connectivity index (χ1n) is 4.15. The number of H-pyrrole nitrogens is 1. The lowest BCUT2D eigenvalue weighted by Gasteiger charge is -2.08. The highest BCUT2D eigenvalue weighted by Crippen LogP contribution is 2.18. The van der Waals surface area contributed by atoms with E-state index < -0.39 is 5.76 Å². The van der Waals surface area contributed by atoms with Crippen LogP contribution in [-0.4, -0.2) is 10.1 Å². The molecule has 68 valence electrons. The fraction of sp³-hybridized carbons (Fsp3) is 0.750. The van der Waals surface area contributed by atoms with E-state index in [1.807, 2.05) is 6.92 Å². The predicted octanol–water partition coefficient (Wildman–Crippen LogP) is 1.51. The molecule has 0 fully saturated rings. The monoisotopic (exact) mass is 170 g/mol. The first-order valence-corrected chi connectivity index (χ1v) is 4.15. The van der Waals surface area contributed by atoms with Gasteiger partial charge in [0, 0.05) is 5.92 Å². The van der Waals surface area contributed by atoms with Gasteiger partial charge in [0.25, 0.3) is 0 Å². The van der Waals surface area contributed by atoms with Crippen molar-refractivity contribution < 1.29 is 4.52 Å². The Morgan fingerprint density at radius 1 is 1.50 bits per heavy atom. The molecule has 1 aromatic rings. The van der Waals surface area contributed by atoms with Crippen LogP contribution in [-0.2, 0) is 0 Å². The summed E-state index contributed by atoms with van der Waals surface area (Å²) in [4.78, 5) is 13.1. The zero-order valence-corrected chi connectivity index (χ0v) is 7.63. The third kappa shape index (κ3) is 2.22. The van der Waals surface area contributed by atoms with Crippen molar-refractivity contribution in [1.29, 1.82) is 0 Å². The van der Waals surface area contributed by atoms with Gasteiger partial charge < -0.3 is 0 Å². The van der Waals surface area contributed by atoms with Crippen LogP contribution in [0.3, 0.4) is 0 Å². The largest absolute Gasteiger partial charge is 0.438 e. The Hall–Kier alpha value is -1.06. The van der Waals surface area contributed by atoms with Gasteiger partial charge in [-0.25, -0.2) is 4.79 Å². The van der Waals surface area contributed by atoms with Gasteiger partial charge in [-0.2, -0.15) is 0 Å². The van der Waals surface area contributed by atoms with E-state index in [2.05, 4.69) is 28.5 Å². The Kier molecular flexibility index (Phi) is 2.68. The first kappa shape index (κ1) is 9.03. The Labute approximate surface area is 71.0 Å². The highest BCUT2D eigenvalue weighted by Gasteiger charge is 2.11. The van der Waals surface area contributed by atoms with Crippen LogP contribution in [0.4, 0.5) is 0 Å². The number of rotatable bonds is 3. The predicted molar refractivity (Wildman–Crippen MR) is 45.0 cm³/mol. The molecular weight excluding hydrogens is 156 g/mol. The first-order chi connectivity index (χ1) is 5.59. The number of hydrogen-bond acceptors (Lipinski definition) is 3. The summed E-state index contributed by atoms with van der Waals surface area (Å²) < 4.78 is 4.41. The second kappa shape index (κ2) is 3.56. The number of aromatic amines is 1. The van der Waals surface area contributed by atoms with Crippen molar-refractivity contribution in [2.75, 3.05) is 0 Å². The summed E-state index contributed by atoms with van der Waals surface area (Å²) in [5, 5.41) is 3.63. The lowest BCUT2D eigenvalue weighted by Crippen LogP contribution is -2.03. The molecule has 1 atom stereocenters. The molecule has 1 heterocycles. The molecule has 0 aliphatic rings. The molecule has 0 bridgehead atoms. The molecule has 0 aliphatic heterocycles. The minimum absolute atomic E-state index is 0.261. The van der Waals surface area contributed by atoms with Crippen LogP contribution < -0.4 is 5.76 Å². The Balaban J connectivity index is 2.65. The maximum atomic E-state index is 10.6. The molecule has 0 saturated heterocycles. The Bertz CT molecular complexity index is 287. The summed E-state index contributed by atoms with van der Waals surface area (Å²) in [7, 11) is 0. The van der Waals surface area contributed by atoms with Gasteiger partial charge in [0.2, 0.25) is 0 Å². The Morgan fingerprint density at radius 2 is 2.17 bits per heavy atom. The van der Waals surface area contributed by atoms with Gasteiger partial charge in [-0.3, -0.25) is 9.51 Å². The zero-order valence-electron chi connectivity index (χ0n) is 7.63. The standard InChI is InChI=1S/C8H14N2O2/c1-5(2)4-6(3)7-9-8(11)12-10-7/h5-6H,4H2,1-3H3,(H,9,10,11). The van der Waals surface area contributed by atoms with Crippen molar-refractivity contribution in [3.05, 3.63) is 16.4 Å². The normalized spacial score (nSPS) is 13.7. The second-order valence-electron chi connectivity index (χ2n) is 3.51. The fourth-order valence-corrected chi connectivity index (χ4v) is 1.27. The van der Waals surface area contributed by atoms with E-state index in [0.717, 1.165) is 6.42 Å². The molecule has 4 nitrogen and oxygen atoms in total. The molecule has 0 radical (unpaired) electrons. The van der Waals surface area contributed by atoms with Crippen LogP contribution in [0.2, 0.25) is 0 Å². The van der Waals surface area contributed by atoms with E-state index in [-0.39, 0.29) is 5.92 Å². The van der Waals surface area contributed by atoms with Gasteiger partial charge in [-0.05, 0) is 12.3 Å². The summed E-state index contributed by atoms with van der Waals surface area (Å²) in [6.45, 7) is 6.29. The van der Waals surface area contributed by atoms with Gasteiger partial charge in [0.1, 0.15) is 0 Å². The molecule has 0 aliphatic carbocycles. The van der Waals surface area contributed by atoms with Crippen molar-refractivity contribution in [3.63, 3.8) is 0 Å². The average molecular weight is 170 g/mol.